The Morgan fingerprint density at radius 1 is 1.46 bits per heavy atom. The molecular weight excluding hydrogens is 354 g/mol. The molecule has 128 valence electrons. The molecule has 0 aromatic carbocycles. The van der Waals surface area contributed by atoms with Gasteiger partial charge in [-0.25, -0.2) is 9.80 Å². The summed E-state index contributed by atoms with van der Waals surface area (Å²) in [6, 6.07) is -0.603. The Kier molecular flexibility index (Phi) is 4.24. The molecule has 24 heavy (non-hydrogen) atoms. The Hall–Kier alpha value is -2.10. The lowest BCUT2D eigenvalue weighted by Gasteiger charge is -2.48. The van der Waals surface area contributed by atoms with Crippen LogP contribution in [0.15, 0.2) is 47.8 Å². The molecule has 0 radical (unpaired) electrons. The SMILES string of the molecule is Cl.N[C@@H]1C(=O)N2C(C(=O)O)=C(CN3C=CN4NC=CC=C34)CS[C@@H]12. The maximum Gasteiger partial charge on any atom is 0.352 e. The molecule has 8 nitrogen and oxygen atoms in total. The Labute approximate surface area is 148 Å². The minimum atomic E-state index is -1.08. The quantitative estimate of drug-likeness (QED) is 0.595. The summed E-state index contributed by atoms with van der Waals surface area (Å²) < 4.78 is 0. The van der Waals surface area contributed by atoms with E-state index in [4.69, 9.17) is 5.73 Å². The molecule has 0 spiro atoms. The molecule has 0 saturated carbocycles. The number of rotatable bonds is 3. The van der Waals surface area contributed by atoms with Crippen molar-refractivity contribution >= 4 is 36.0 Å². The van der Waals surface area contributed by atoms with E-state index in [0.717, 1.165) is 5.82 Å². The summed E-state index contributed by atoms with van der Waals surface area (Å²) in [6.45, 7) is 0.411. The largest absolute Gasteiger partial charge is 0.477 e. The number of carbonyl (C=O) groups excluding carboxylic acids is 1. The number of amides is 1. The number of carboxylic acids is 1. The molecule has 0 aromatic rings. The molecule has 4 aliphatic heterocycles. The Bertz CT molecular complexity index is 719. The Morgan fingerprint density at radius 3 is 3.00 bits per heavy atom. The van der Waals surface area contributed by atoms with Crippen molar-refractivity contribution in [2.45, 2.75) is 11.4 Å². The average molecular weight is 370 g/mol. The van der Waals surface area contributed by atoms with Crippen LogP contribution in [0.4, 0.5) is 0 Å². The molecule has 4 heterocycles. The first kappa shape index (κ1) is 16.7. The van der Waals surface area contributed by atoms with E-state index < -0.39 is 12.0 Å². The lowest BCUT2D eigenvalue weighted by atomic mass is 10.0. The molecule has 4 N–H and O–H groups in total. The Balaban J connectivity index is 0.00000169. The van der Waals surface area contributed by atoms with Crippen molar-refractivity contribution < 1.29 is 14.7 Å². The summed E-state index contributed by atoms with van der Waals surface area (Å²) in [5.74, 6) is 0.0481. The lowest BCUT2D eigenvalue weighted by molar-refractivity contribution is -0.148. The first-order valence-electron chi connectivity index (χ1n) is 7.10. The highest BCUT2D eigenvalue weighted by Crippen LogP contribution is 2.40. The number of carbonyl (C=O) groups is 2. The van der Waals surface area contributed by atoms with Crippen LogP contribution in [0.2, 0.25) is 0 Å². The van der Waals surface area contributed by atoms with Crippen LogP contribution in [0.5, 0.6) is 0 Å². The normalized spacial score (nSPS) is 27.1. The Morgan fingerprint density at radius 2 is 2.25 bits per heavy atom. The maximum atomic E-state index is 11.9. The van der Waals surface area contributed by atoms with Crippen LogP contribution >= 0.6 is 24.2 Å². The van der Waals surface area contributed by atoms with E-state index in [0.29, 0.717) is 17.9 Å². The monoisotopic (exact) mass is 369 g/mol. The van der Waals surface area contributed by atoms with Crippen LogP contribution in [-0.2, 0) is 9.59 Å². The van der Waals surface area contributed by atoms with E-state index in [9.17, 15) is 14.7 Å². The van der Waals surface area contributed by atoms with Gasteiger partial charge in [0.25, 0.3) is 0 Å². The van der Waals surface area contributed by atoms with Crippen molar-refractivity contribution in [2.24, 2.45) is 5.73 Å². The average Bonchev–Trinajstić information content (AvgIpc) is 2.96. The number of nitrogens with one attached hydrogen (secondary N) is 1. The van der Waals surface area contributed by atoms with Crippen LogP contribution in [0.3, 0.4) is 0 Å². The number of fused-ring (bicyclic) bond motifs is 2. The van der Waals surface area contributed by atoms with Crippen molar-refractivity contribution in [1.82, 2.24) is 20.2 Å². The molecule has 4 rings (SSSR count). The molecule has 0 bridgehead atoms. The molecule has 1 amide bonds. The van der Waals surface area contributed by atoms with Gasteiger partial charge in [-0.1, -0.05) is 0 Å². The summed E-state index contributed by atoms with van der Waals surface area (Å²) in [7, 11) is 0. The van der Waals surface area contributed by atoms with Gasteiger partial charge in [-0.2, -0.15) is 0 Å². The van der Waals surface area contributed by atoms with Crippen molar-refractivity contribution in [1.29, 1.82) is 0 Å². The number of hydrogen-bond acceptors (Lipinski definition) is 7. The van der Waals surface area contributed by atoms with Crippen molar-refractivity contribution in [3.05, 3.63) is 47.8 Å². The predicted octanol–water partition coefficient (Wildman–Crippen LogP) is -0.0486. The van der Waals surface area contributed by atoms with Crippen LogP contribution < -0.4 is 11.2 Å². The van der Waals surface area contributed by atoms with E-state index >= 15 is 0 Å². The first-order valence-corrected chi connectivity index (χ1v) is 8.15. The zero-order valence-electron chi connectivity index (χ0n) is 12.5. The predicted molar refractivity (Wildman–Crippen MR) is 91.0 cm³/mol. The molecule has 10 heteroatoms. The van der Waals surface area contributed by atoms with Gasteiger partial charge in [0, 0.05) is 30.9 Å². The zero-order chi connectivity index (χ0) is 16.1. The summed E-state index contributed by atoms with van der Waals surface area (Å²) in [5, 5.41) is 11.1. The van der Waals surface area contributed by atoms with Crippen LogP contribution in [-0.4, -0.2) is 55.5 Å². The van der Waals surface area contributed by atoms with Gasteiger partial charge < -0.3 is 21.2 Å². The van der Waals surface area contributed by atoms with Gasteiger partial charge in [0.15, 0.2) is 0 Å². The number of carboxylic acid groups (broad SMARTS) is 1. The van der Waals surface area contributed by atoms with Crippen molar-refractivity contribution in [3.63, 3.8) is 0 Å². The molecule has 1 saturated heterocycles. The number of nitrogens with two attached hydrogens (primary N) is 1. The van der Waals surface area contributed by atoms with E-state index in [-0.39, 0.29) is 29.4 Å². The number of hydrazine groups is 1. The van der Waals surface area contributed by atoms with E-state index in [2.05, 4.69) is 5.43 Å². The fraction of sp³-hybridized carbons (Fsp3) is 0.286. The number of allylic oxidation sites excluding steroid dienone is 2. The number of halogens is 1. The highest BCUT2D eigenvalue weighted by molar-refractivity contribution is 8.00. The summed E-state index contributed by atoms with van der Waals surface area (Å²) >= 11 is 1.51. The second-order valence-electron chi connectivity index (χ2n) is 5.50. The molecule has 4 aliphatic rings. The fourth-order valence-electron chi connectivity index (χ4n) is 3.02. The zero-order valence-corrected chi connectivity index (χ0v) is 14.1. The third-order valence-electron chi connectivity index (χ3n) is 4.14. The van der Waals surface area contributed by atoms with Crippen LogP contribution in [0.1, 0.15) is 0 Å². The van der Waals surface area contributed by atoms with Gasteiger partial charge in [0.2, 0.25) is 5.91 Å². The van der Waals surface area contributed by atoms with E-state index in [1.807, 2.05) is 34.5 Å². The number of thioether (sulfide) groups is 1. The molecule has 2 atom stereocenters. The molecule has 1 fully saturated rings. The van der Waals surface area contributed by atoms with Gasteiger partial charge in [-0.3, -0.25) is 9.69 Å². The second-order valence-corrected chi connectivity index (χ2v) is 6.61. The van der Waals surface area contributed by atoms with E-state index in [1.165, 1.54) is 16.7 Å². The highest BCUT2D eigenvalue weighted by atomic mass is 35.5. The number of nitrogens with zero attached hydrogens (tertiary/aromatic N) is 3. The lowest BCUT2D eigenvalue weighted by Crippen LogP contribution is -2.68. The van der Waals surface area contributed by atoms with Crippen molar-refractivity contribution in [2.75, 3.05) is 12.3 Å². The minimum Gasteiger partial charge on any atom is -0.477 e. The molecule has 0 aliphatic carbocycles. The molecule has 0 aromatic heterocycles. The minimum absolute atomic E-state index is 0. The van der Waals surface area contributed by atoms with Gasteiger partial charge in [0.05, 0.1) is 0 Å². The number of β-lactam (4-membered cyclic amide) rings is 1. The topological polar surface area (TPSA) is 102 Å². The van der Waals surface area contributed by atoms with Gasteiger partial charge >= 0.3 is 5.97 Å². The second kappa shape index (κ2) is 6.08. The highest BCUT2D eigenvalue weighted by Gasteiger charge is 2.51. The summed E-state index contributed by atoms with van der Waals surface area (Å²) in [5.41, 5.74) is 9.60. The maximum absolute atomic E-state index is 11.9. The van der Waals surface area contributed by atoms with Gasteiger partial charge in [-0.15, -0.1) is 24.2 Å². The van der Waals surface area contributed by atoms with Gasteiger partial charge in [-0.05, 0) is 17.7 Å². The van der Waals surface area contributed by atoms with E-state index in [1.54, 1.807) is 6.20 Å². The first-order chi connectivity index (χ1) is 11.1. The van der Waals surface area contributed by atoms with Crippen LogP contribution in [0, 0.1) is 0 Å². The summed E-state index contributed by atoms with van der Waals surface area (Å²) in [4.78, 5) is 26.9. The third-order valence-corrected chi connectivity index (χ3v) is 5.50. The molecule has 0 unspecified atom stereocenters. The number of aliphatic carboxylic acids is 1. The summed E-state index contributed by atoms with van der Waals surface area (Å²) in [6.07, 6.45) is 9.35. The van der Waals surface area contributed by atoms with Crippen LogP contribution in [0.25, 0.3) is 0 Å². The number of hydrogen-bond donors (Lipinski definition) is 3. The van der Waals surface area contributed by atoms with Gasteiger partial charge in [0.1, 0.15) is 22.9 Å². The third kappa shape index (κ3) is 2.36. The van der Waals surface area contributed by atoms with Crippen molar-refractivity contribution in [3.8, 4) is 0 Å². The smallest absolute Gasteiger partial charge is 0.352 e. The molecular formula is C14H16ClN5O3S. The standard InChI is InChI=1S/C14H15N5O3S.ClH/c15-10-12(20)19-11(14(21)22)8(7-23-13(10)19)6-17-4-5-18-9(17)2-1-3-16-18;/h1-5,10,13,16H,6-7,15H2,(H,21,22);1H/t10-,13+;/m1./s1. The fourth-order valence-corrected chi connectivity index (χ4v) is 4.30.